The molecule has 0 saturated carbocycles. The number of hydrogen-bond acceptors (Lipinski definition) is 2. The summed E-state index contributed by atoms with van der Waals surface area (Å²) in [4.78, 5) is 22.8. The van der Waals surface area contributed by atoms with Gasteiger partial charge in [0, 0.05) is 17.5 Å². The molecule has 0 aliphatic carbocycles. The zero-order valence-electron chi connectivity index (χ0n) is 17.3. The van der Waals surface area contributed by atoms with E-state index in [0.29, 0.717) is 12.0 Å². The van der Waals surface area contributed by atoms with E-state index in [1.807, 2.05) is 54.6 Å². The summed E-state index contributed by atoms with van der Waals surface area (Å²) in [5, 5.41) is 0. The van der Waals surface area contributed by atoms with Gasteiger partial charge < -0.3 is 0 Å². The van der Waals surface area contributed by atoms with Crippen molar-refractivity contribution >= 4 is 36.4 Å². The first-order chi connectivity index (χ1) is 14.7. The highest BCUT2D eigenvalue weighted by Gasteiger charge is 2.04. The SMILES string of the molecule is CCCCC(=O)c1ccc(/C=C/c2ccc(/C=C/c3ccc(C=O)cc3)cc2)cc1. The highest BCUT2D eigenvalue weighted by atomic mass is 16.1. The number of ketones is 1. The molecule has 150 valence electrons. The maximum atomic E-state index is 12.1. The Morgan fingerprint density at radius 3 is 1.37 bits per heavy atom. The molecule has 0 aliphatic heterocycles. The van der Waals surface area contributed by atoms with Gasteiger partial charge in [0.2, 0.25) is 0 Å². The minimum Gasteiger partial charge on any atom is -0.298 e. The Morgan fingerprint density at radius 2 is 1.00 bits per heavy atom. The van der Waals surface area contributed by atoms with Crippen molar-refractivity contribution in [2.45, 2.75) is 26.2 Å². The van der Waals surface area contributed by atoms with Crippen molar-refractivity contribution in [2.24, 2.45) is 0 Å². The smallest absolute Gasteiger partial charge is 0.162 e. The lowest BCUT2D eigenvalue weighted by atomic mass is 10.0. The molecule has 0 spiro atoms. The molecule has 0 aromatic heterocycles. The number of carbonyl (C=O) groups excluding carboxylic acids is 2. The van der Waals surface area contributed by atoms with E-state index in [1.165, 1.54) is 0 Å². The summed E-state index contributed by atoms with van der Waals surface area (Å²) in [6.45, 7) is 2.10. The molecule has 0 unspecified atom stereocenters. The molecular formula is C28H26O2. The topological polar surface area (TPSA) is 34.1 Å². The van der Waals surface area contributed by atoms with Gasteiger partial charge in [-0.2, -0.15) is 0 Å². The number of aldehydes is 1. The Balaban J connectivity index is 1.59. The van der Waals surface area contributed by atoms with E-state index in [0.717, 1.165) is 46.9 Å². The van der Waals surface area contributed by atoms with Gasteiger partial charge in [0.15, 0.2) is 5.78 Å². The molecular weight excluding hydrogens is 368 g/mol. The molecule has 0 amide bonds. The minimum atomic E-state index is 0.218. The van der Waals surface area contributed by atoms with Crippen LogP contribution in [-0.4, -0.2) is 12.1 Å². The number of rotatable bonds is 9. The van der Waals surface area contributed by atoms with Crippen molar-refractivity contribution in [2.75, 3.05) is 0 Å². The van der Waals surface area contributed by atoms with Gasteiger partial charge in [0.05, 0.1) is 0 Å². The number of carbonyl (C=O) groups is 2. The summed E-state index contributed by atoms with van der Waals surface area (Å²) >= 11 is 0. The van der Waals surface area contributed by atoms with Crippen LogP contribution in [0.1, 0.15) is 69.2 Å². The van der Waals surface area contributed by atoms with Gasteiger partial charge in [-0.05, 0) is 28.7 Å². The van der Waals surface area contributed by atoms with E-state index >= 15 is 0 Å². The second-order valence-electron chi connectivity index (χ2n) is 7.27. The van der Waals surface area contributed by atoms with Crippen molar-refractivity contribution in [3.05, 3.63) is 106 Å². The molecule has 3 aromatic rings. The summed E-state index contributed by atoms with van der Waals surface area (Å²) in [7, 11) is 0. The lowest BCUT2D eigenvalue weighted by molar-refractivity contribution is 0.0979. The maximum absolute atomic E-state index is 12.1. The van der Waals surface area contributed by atoms with Crippen LogP contribution in [0, 0.1) is 0 Å². The molecule has 0 atom stereocenters. The van der Waals surface area contributed by atoms with Crippen LogP contribution in [0.3, 0.4) is 0 Å². The summed E-state index contributed by atoms with van der Waals surface area (Å²) in [5.41, 5.74) is 5.83. The third-order valence-corrected chi connectivity index (χ3v) is 4.94. The van der Waals surface area contributed by atoms with Gasteiger partial charge in [-0.15, -0.1) is 0 Å². The molecule has 0 heterocycles. The summed E-state index contributed by atoms with van der Waals surface area (Å²) < 4.78 is 0. The monoisotopic (exact) mass is 394 g/mol. The van der Waals surface area contributed by atoms with Crippen LogP contribution in [0.2, 0.25) is 0 Å². The van der Waals surface area contributed by atoms with Gasteiger partial charge in [-0.3, -0.25) is 9.59 Å². The van der Waals surface area contributed by atoms with Gasteiger partial charge >= 0.3 is 0 Å². The molecule has 0 saturated heterocycles. The van der Waals surface area contributed by atoms with Crippen LogP contribution in [0.25, 0.3) is 24.3 Å². The number of benzene rings is 3. The fourth-order valence-electron chi connectivity index (χ4n) is 3.05. The standard InChI is InChI=1S/C28H26O2/c1-2-3-4-28(30)27-19-17-25(18-20-27)12-11-23-7-5-22(6-8-23)9-10-24-13-15-26(21-29)16-14-24/h5-21H,2-4H2,1H3/b10-9+,12-11+. The largest absolute Gasteiger partial charge is 0.298 e. The van der Waals surface area contributed by atoms with Gasteiger partial charge in [0.1, 0.15) is 6.29 Å². The summed E-state index contributed by atoms with van der Waals surface area (Å²) in [6, 6.07) is 23.6. The van der Waals surface area contributed by atoms with E-state index in [4.69, 9.17) is 0 Å². The molecule has 2 heteroatoms. The number of Topliss-reactive ketones (excluding diaryl/α,β-unsaturated/α-hetero) is 1. The Kier molecular flexibility index (Phi) is 7.68. The van der Waals surface area contributed by atoms with Crippen molar-refractivity contribution in [3.8, 4) is 0 Å². The Morgan fingerprint density at radius 1 is 0.633 bits per heavy atom. The first-order valence-corrected chi connectivity index (χ1v) is 10.3. The normalized spacial score (nSPS) is 11.2. The van der Waals surface area contributed by atoms with Crippen molar-refractivity contribution < 1.29 is 9.59 Å². The lowest BCUT2D eigenvalue weighted by Gasteiger charge is -2.01. The van der Waals surface area contributed by atoms with Gasteiger partial charge in [0.25, 0.3) is 0 Å². The molecule has 3 rings (SSSR count). The second kappa shape index (κ2) is 10.9. The molecule has 0 N–H and O–H groups in total. The highest BCUT2D eigenvalue weighted by molar-refractivity contribution is 5.96. The van der Waals surface area contributed by atoms with Crippen LogP contribution in [0.15, 0.2) is 72.8 Å². The molecule has 3 aromatic carbocycles. The quantitative estimate of drug-likeness (QED) is 0.218. The van der Waals surface area contributed by atoms with Crippen LogP contribution < -0.4 is 0 Å². The second-order valence-corrected chi connectivity index (χ2v) is 7.27. The predicted octanol–water partition coefficient (Wildman–Crippen LogP) is 7.21. The molecule has 0 radical (unpaired) electrons. The van der Waals surface area contributed by atoms with Crippen LogP contribution in [0.5, 0.6) is 0 Å². The zero-order chi connectivity index (χ0) is 21.2. The van der Waals surface area contributed by atoms with Crippen LogP contribution in [0.4, 0.5) is 0 Å². The summed E-state index contributed by atoms with van der Waals surface area (Å²) in [5.74, 6) is 0.218. The predicted molar refractivity (Wildman–Crippen MR) is 126 cm³/mol. The van der Waals surface area contributed by atoms with Crippen molar-refractivity contribution in [1.29, 1.82) is 0 Å². The van der Waals surface area contributed by atoms with Crippen LogP contribution in [-0.2, 0) is 0 Å². The Bertz CT molecular complexity index is 1020. The van der Waals surface area contributed by atoms with Crippen molar-refractivity contribution in [1.82, 2.24) is 0 Å². The summed E-state index contributed by atoms with van der Waals surface area (Å²) in [6.07, 6.45) is 11.7. The fraction of sp³-hybridized carbons (Fsp3) is 0.143. The third-order valence-electron chi connectivity index (χ3n) is 4.94. The average Bonchev–Trinajstić information content (AvgIpc) is 2.81. The van der Waals surface area contributed by atoms with E-state index in [2.05, 4.69) is 49.4 Å². The molecule has 0 aliphatic rings. The van der Waals surface area contributed by atoms with E-state index in [1.54, 1.807) is 0 Å². The van der Waals surface area contributed by atoms with Gasteiger partial charge in [-0.25, -0.2) is 0 Å². The number of unbranched alkanes of at least 4 members (excludes halogenated alkanes) is 1. The van der Waals surface area contributed by atoms with Gasteiger partial charge in [-0.1, -0.05) is 110 Å². The lowest BCUT2D eigenvalue weighted by Crippen LogP contribution is -1.98. The maximum Gasteiger partial charge on any atom is 0.162 e. The van der Waals surface area contributed by atoms with Crippen molar-refractivity contribution in [3.63, 3.8) is 0 Å². The molecule has 0 bridgehead atoms. The van der Waals surface area contributed by atoms with E-state index < -0.39 is 0 Å². The molecule has 0 fully saturated rings. The zero-order valence-corrected chi connectivity index (χ0v) is 17.3. The Labute approximate surface area is 178 Å². The minimum absolute atomic E-state index is 0.218. The highest BCUT2D eigenvalue weighted by Crippen LogP contribution is 2.14. The van der Waals surface area contributed by atoms with Crippen LogP contribution >= 0.6 is 0 Å². The molecule has 2 nitrogen and oxygen atoms in total. The number of hydrogen-bond donors (Lipinski definition) is 0. The average molecular weight is 395 g/mol. The Hall–Kier alpha value is -3.52. The van der Waals surface area contributed by atoms with E-state index in [9.17, 15) is 9.59 Å². The third kappa shape index (κ3) is 6.25. The van der Waals surface area contributed by atoms with E-state index in [-0.39, 0.29) is 5.78 Å². The molecule has 30 heavy (non-hydrogen) atoms. The first kappa shape index (κ1) is 21.2. The first-order valence-electron chi connectivity index (χ1n) is 10.3. The fourth-order valence-corrected chi connectivity index (χ4v) is 3.05.